The summed E-state index contributed by atoms with van der Waals surface area (Å²) in [5, 5.41) is 4.18. The number of halogens is 1. The SMILES string of the molecule is CSc1nc(C(C)C)nc(C)c1C(=O)Nc1ccc(Cl)cc1. The number of aryl methyl sites for hydroxylation is 1. The van der Waals surface area contributed by atoms with Crippen LogP contribution in [0.15, 0.2) is 29.3 Å². The van der Waals surface area contributed by atoms with Crippen LogP contribution in [0.2, 0.25) is 5.02 Å². The minimum Gasteiger partial charge on any atom is -0.322 e. The summed E-state index contributed by atoms with van der Waals surface area (Å²) < 4.78 is 0. The number of anilines is 1. The number of hydrogen-bond donors (Lipinski definition) is 1. The minimum atomic E-state index is -0.209. The highest BCUT2D eigenvalue weighted by molar-refractivity contribution is 7.98. The summed E-state index contributed by atoms with van der Waals surface area (Å²) in [5.74, 6) is 0.766. The Morgan fingerprint density at radius 1 is 1.23 bits per heavy atom. The lowest BCUT2D eigenvalue weighted by atomic mass is 10.1. The number of nitrogens with zero attached hydrogens (tertiary/aromatic N) is 2. The summed E-state index contributed by atoms with van der Waals surface area (Å²) >= 11 is 7.30. The molecular formula is C16H18ClN3OS. The van der Waals surface area contributed by atoms with Crippen molar-refractivity contribution in [1.82, 2.24) is 9.97 Å². The summed E-state index contributed by atoms with van der Waals surface area (Å²) in [5.41, 5.74) is 1.90. The maximum Gasteiger partial charge on any atom is 0.260 e. The van der Waals surface area contributed by atoms with Crippen LogP contribution in [0.25, 0.3) is 0 Å². The Labute approximate surface area is 139 Å². The quantitative estimate of drug-likeness (QED) is 0.658. The molecule has 1 amide bonds. The number of carbonyl (C=O) groups is 1. The van der Waals surface area contributed by atoms with Gasteiger partial charge in [0, 0.05) is 16.6 Å². The second kappa shape index (κ2) is 7.11. The highest BCUT2D eigenvalue weighted by atomic mass is 35.5. The van der Waals surface area contributed by atoms with Gasteiger partial charge in [0.05, 0.1) is 11.3 Å². The maximum absolute atomic E-state index is 12.5. The molecule has 0 aliphatic carbocycles. The average molecular weight is 336 g/mol. The molecule has 6 heteroatoms. The van der Waals surface area contributed by atoms with Crippen LogP contribution in [0.1, 0.15) is 41.6 Å². The molecular weight excluding hydrogens is 318 g/mol. The molecule has 2 aromatic rings. The summed E-state index contributed by atoms with van der Waals surface area (Å²) in [6, 6.07) is 6.99. The van der Waals surface area contributed by atoms with Gasteiger partial charge in [-0.1, -0.05) is 25.4 Å². The zero-order valence-corrected chi connectivity index (χ0v) is 14.5. The summed E-state index contributed by atoms with van der Waals surface area (Å²) in [6.45, 7) is 5.91. The molecule has 2 rings (SSSR count). The second-order valence-electron chi connectivity index (χ2n) is 5.17. The molecule has 0 saturated heterocycles. The first-order valence-electron chi connectivity index (χ1n) is 6.91. The highest BCUT2D eigenvalue weighted by Crippen LogP contribution is 2.24. The molecule has 0 aliphatic heterocycles. The summed E-state index contributed by atoms with van der Waals surface area (Å²) in [6.07, 6.45) is 1.91. The standard InChI is InChI=1S/C16H18ClN3OS/c1-9(2)14-18-10(3)13(16(20-14)22-4)15(21)19-12-7-5-11(17)6-8-12/h5-9H,1-4H3,(H,19,21). The van der Waals surface area contributed by atoms with Crippen LogP contribution in [-0.4, -0.2) is 22.1 Å². The van der Waals surface area contributed by atoms with E-state index in [1.165, 1.54) is 11.8 Å². The summed E-state index contributed by atoms with van der Waals surface area (Å²) in [7, 11) is 0. The summed E-state index contributed by atoms with van der Waals surface area (Å²) in [4.78, 5) is 21.5. The van der Waals surface area contributed by atoms with Gasteiger partial charge in [0.25, 0.3) is 5.91 Å². The van der Waals surface area contributed by atoms with Gasteiger partial charge in [-0.2, -0.15) is 0 Å². The van der Waals surface area contributed by atoms with E-state index in [0.29, 0.717) is 27.0 Å². The Balaban J connectivity index is 2.34. The molecule has 1 heterocycles. The van der Waals surface area contributed by atoms with E-state index in [4.69, 9.17) is 11.6 Å². The minimum absolute atomic E-state index is 0.209. The number of benzene rings is 1. The van der Waals surface area contributed by atoms with Gasteiger partial charge in [0.2, 0.25) is 0 Å². The average Bonchev–Trinajstić information content (AvgIpc) is 2.48. The molecule has 0 saturated carbocycles. The number of hydrogen-bond acceptors (Lipinski definition) is 4. The number of carbonyl (C=O) groups excluding carboxylic acids is 1. The first kappa shape index (κ1) is 16.8. The predicted octanol–water partition coefficient (Wildman–Crippen LogP) is 4.54. The molecule has 0 bridgehead atoms. The van der Waals surface area contributed by atoms with Crippen LogP contribution in [0.4, 0.5) is 5.69 Å². The second-order valence-corrected chi connectivity index (χ2v) is 6.40. The Bertz CT molecular complexity index is 687. The van der Waals surface area contributed by atoms with E-state index in [1.54, 1.807) is 24.3 Å². The maximum atomic E-state index is 12.5. The Morgan fingerprint density at radius 3 is 2.41 bits per heavy atom. The molecule has 0 fully saturated rings. The third kappa shape index (κ3) is 3.78. The van der Waals surface area contributed by atoms with Gasteiger partial charge >= 0.3 is 0 Å². The van der Waals surface area contributed by atoms with Crippen LogP contribution < -0.4 is 5.32 Å². The van der Waals surface area contributed by atoms with Crippen LogP contribution in [0.5, 0.6) is 0 Å². The fourth-order valence-corrected chi connectivity index (χ4v) is 2.72. The Morgan fingerprint density at radius 2 is 1.86 bits per heavy atom. The molecule has 0 unspecified atom stereocenters. The molecule has 22 heavy (non-hydrogen) atoms. The predicted molar refractivity (Wildman–Crippen MR) is 92.0 cm³/mol. The van der Waals surface area contributed by atoms with Gasteiger partial charge in [-0.15, -0.1) is 11.8 Å². The fraction of sp³-hybridized carbons (Fsp3) is 0.312. The first-order chi connectivity index (χ1) is 10.4. The van der Waals surface area contributed by atoms with Gasteiger partial charge in [0.15, 0.2) is 0 Å². The molecule has 1 aromatic carbocycles. The molecule has 0 aliphatic rings. The fourth-order valence-electron chi connectivity index (χ4n) is 1.96. The Kier molecular flexibility index (Phi) is 5.42. The van der Waals surface area contributed by atoms with Gasteiger partial charge in [-0.3, -0.25) is 4.79 Å². The van der Waals surface area contributed by atoms with Crippen molar-refractivity contribution in [2.75, 3.05) is 11.6 Å². The van der Waals surface area contributed by atoms with E-state index < -0.39 is 0 Å². The zero-order chi connectivity index (χ0) is 16.3. The zero-order valence-electron chi connectivity index (χ0n) is 13.0. The normalized spacial score (nSPS) is 10.8. The third-order valence-electron chi connectivity index (χ3n) is 3.11. The molecule has 116 valence electrons. The largest absolute Gasteiger partial charge is 0.322 e. The van der Waals surface area contributed by atoms with Gasteiger partial charge in [0.1, 0.15) is 10.9 Å². The lowest BCUT2D eigenvalue weighted by Gasteiger charge is -2.13. The van der Waals surface area contributed by atoms with Crippen LogP contribution in [-0.2, 0) is 0 Å². The highest BCUT2D eigenvalue weighted by Gasteiger charge is 2.19. The van der Waals surface area contributed by atoms with Crippen molar-refractivity contribution in [2.24, 2.45) is 0 Å². The number of aromatic nitrogens is 2. The number of nitrogens with one attached hydrogen (secondary N) is 1. The number of amides is 1. The van der Waals surface area contributed by atoms with Crippen molar-refractivity contribution in [1.29, 1.82) is 0 Å². The molecule has 0 atom stereocenters. The van der Waals surface area contributed by atoms with E-state index in [1.807, 2.05) is 27.0 Å². The van der Waals surface area contributed by atoms with Crippen molar-refractivity contribution in [3.05, 3.63) is 46.4 Å². The van der Waals surface area contributed by atoms with Gasteiger partial charge < -0.3 is 5.32 Å². The smallest absolute Gasteiger partial charge is 0.260 e. The van der Waals surface area contributed by atoms with Crippen molar-refractivity contribution < 1.29 is 4.79 Å². The van der Waals surface area contributed by atoms with Crippen LogP contribution in [0, 0.1) is 6.92 Å². The monoisotopic (exact) mass is 335 g/mol. The first-order valence-corrected chi connectivity index (χ1v) is 8.52. The molecule has 1 aromatic heterocycles. The van der Waals surface area contributed by atoms with E-state index in [-0.39, 0.29) is 11.8 Å². The van der Waals surface area contributed by atoms with Crippen molar-refractivity contribution in [2.45, 2.75) is 31.7 Å². The van der Waals surface area contributed by atoms with E-state index in [9.17, 15) is 4.79 Å². The lowest BCUT2D eigenvalue weighted by Crippen LogP contribution is -2.17. The number of rotatable bonds is 4. The van der Waals surface area contributed by atoms with Crippen molar-refractivity contribution >= 4 is 35.0 Å². The van der Waals surface area contributed by atoms with E-state index in [0.717, 1.165) is 5.82 Å². The molecule has 1 N–H and O–H groups in total. The topological polar surface area (TPSA) is 54.9 Å². The third-order valence-corrected chi connectivity index (χ3v) is 4.05. The van der Waals surface area contributed by atoms with Gasteiger partial charge in [-0.25, -0.2) is 9.97 Å². The molecule has 0 radical (unpaired) electrons. The van der Waals surface area contributed by atoms with Crippen LogP contribution >= 0.6 is 23.4 Å². The van der Waals surface area contributed by atoms with E-state index >= 15 is 0 Å². The van der Waals surface area contributed by atoms with Gasteiger partial charge in [-0.05, 0) is 37.4 Å². The molecule has 4 nitrogen and oxygen atoms in total. The Hall–Kier alpha value is -1.59. The lowest BCUT2D eigenvalue weighted by molar-refractivity contribution is 0.102. The van der Waals surface area contributed by atoms with Crippen molar-refractivity contribution in [3.63, 3.8) is 0 Å². The van der Waals surface area contributed by atoms with E-state index in [2.05, 4.69) is 15.3 Å². The van der Waals surface area contributed by atoms with Crippen molar-refractivity contribution in [3.8, 4) is 0 Å². The number of thioether (sulfide) groups is 1. The van der Waals surface area contributed by atoms with Crippen LogP contribution in [0.3, 0.4) is 0 Å². The molecule has 0 spiro atoms.